The first kappa shape index (κ1) is 19.4. The Hall–Kier alpha value is -2.89. The first-order chi connectivity index (χ1) is 13.8. The summed E-state index contributed by atoms with van der Waals surface area (Å²) in [4.78, 5) is 28.8. The largest absolute Gasteiger partial charge is 0.350 e. The monoisotopic (exact) mass is 422 g/mol. The number of rotatable bonds is 4. The van der Waals surface area contributed by atoms with Gasteiger partial charge in [0.1, 0.15) is 5.70 Å². The minimum atomic E-state index is -0.372. The van der Waals surface area contributed by atoms with Crippen LogP contribution < -0.4 is 10.2 Å². The molecule has 3 aromatic rings. The first-order valence-electron chi connectivity index (χ1n) is 9.13. The van der Waals surface area contributed by atoms with E-state index in [0.717, 1.165) is 21.6 Å². The average Bonchev–Trinajstić information content (AvgIpc) is 3.24. The highest BCUT2D eigenvalue weighted by Gasteiger charge is 2.41. The summed E-state index contributed by atoms with van der Waals surface area (Å²) >= 11 is 7.57. The van der Waals surface area contributed by atoms with E-state index < -0.39 is 0 Å². The van der Waals surface area contributed by atoms with Gasteiger partial charge in [0.2, 0.25) is 0 Å². The number of amides is 2. The third-order valence-electron chi connectivity index (χ3n) is 4.78. The molecular weight excluding hydrogens is 404 g/mol. The number of carbonyl (C=O) groups excluding carboxylic acids is 2. The predicted molar refractivity (Wildman–Crippen MR) is 119 cm³/mol. The number of thiophene rings is 1. The molecule has 2 aromatic carbocycles. The Morgan fingerprint density at radius 3 is 2.31 bits per heavy atom. The number of imide groups is 1. The van der Waals surface area contributed by atoms with Gasteiger partial charge in [-0.1, -0.05) is 29.8 Å². The van der Waals surface area contributed by atoms with Crippen molar-refractivity contribution in [3.63, 3.8) is 0 Å². The van der Waals surface area contributed by atoms with Gasteiger partial charge in [-0.05, 0) is 73.2 Å². The maximum Gasteiger partial charge on any atom is 0.282 e. The van der Waals surface area contributed by atoms with Crippen molar-refractivity contribution in [1.82, 2.24) is 0 Å². The lowest BCUT2D eigenvalue weighted by molar-refractivity contribution is -0.120. The third-order valence-corrected chi connectivity index (χ3v) is 5.90. The third kappa shape index (κ3) is 3.59. The van der Waals surface area contributed by atoms with Gasteiger partial charge in [-0.25, -0.2) is 4.90 Å². The van der Waals surface area contributed by atoms with E-state index in [-0.39, 0.29) is 17.5 Å². The number of hydrogen-bond acceptors (Lipinski definition) is 4. The van der Waals surface area contributed by atoms with Crippen molar-refractivity contribution in [2.24, 2.45) is 0 Å². The zero-order chi connectivity index (χ0) is 20.7. The lowest BCUT2D eigenvalue weighted by Crippen LogP contribution is -2.32. The molecule has 0 radical (unpaired) electrons. The molecule has 29 heavy (non-hydrogen) atoms. The van der Waals surface area contributed by atoms with E-state index in [1.807, 2.05) is 62.5 Å². The standard InChI is InChI=1S/C23H19ClN2O2S/c1-13-9-14(2)11-17(10-13)26-22(27)20(19-5-4-8-29-19)21(23(26)28)25-18-12-16(24)7-6-15(18)3/h4-12,25H,1-3H3. The number of hydrogen-bond donors (Lipinski definition) is 1. The lowest BCUT2D eigenvalue weighted by Gasteiger charge is -2.17. The molecule has 1 N–H and O–H groups in total. The fourth-order valence-electron chi connectivity index (χ4n) is 3.47. The Kier molecular flexibility index (Phi) is 5.03. The Bertz CT molecular complexity index is 1150. The second-order valence-electron chi connectivity index (χ2n) is 7.10. The normalized spacial score (nSPS) is 14.1. The molecule has 2 heterocycles. The van der Waals surface area contributed by atoms with Crippen LogP contribution >= 0.6 is 22.9 Å². The van der Waals surface area contributed by atoms with Crippen LogP contribution in [0, 0.1) is 20.8 Å². The van der Waals surface area contributed by atoms with E-state index >= 15 is 0 Å². The summed E-state index contributed by atoms with van der Waals surface area (Å²) in [6, 6.07) is 14.9. The van der Waals surface area contributed by atoms with E-state index in [1.54, 1.807) is 12.1 Å². The second kappa shape index (κ2) is 7.50. The molecule has 1 aliphatic heterocycles. The fourth-order valence-corrected chi connectivity index (χ4v) is 4.41. The van der Waals surface area contributed by atoms with E-state index in [4.69, 9.17) is 11.6 Å². The maximum absolute atomic E-state index is 13.4. The summed E-state index contributed by atoms with van der Waals surface area (Å²) < 4.78 is 0. The molecular formula is C23H19ClN2O2S. The van der Waals surface area contributed by atoms with Gasteiger partial charge in [0.15, 0.2) is 0 Å². The molecule has 1 aromatic heterocycles. The van der Waals surface area contributed by atoms with Gasteiger partial charge >= 0.3 is 0 Å². The Morgan fingerprint density at radius 1 is 0.931 bits per heavy atom. The van der Waals surface area contributed by atoms with Gasteiger partial charge in [0.25, 0.3) is 11.8 Å². The van der Waals surface area contributed by atoms with Gasteiger partial charge < -0.3 is 5.32 Å². The summed E-state index contributed by atoms with van der Waals surface area (Å²) in [6.07, 6.45) is 0. The topological polar surface area (TPSA) is 49.4 Å². The van der Waals surface area contributed by atoms with Crippen LogP contribution in [0.2, 0.25) is 5.02 Å². The van der Waals surface area contributed by atoms with Crippen LogP contribution in [0.3, 0.4) is 0 Å². The number of benzene rings is 2. The van der Waals surface area contributed by atoms with Gasteiger partial charge in [-0.3, -0.25) is 9.59 Å². The summed E-state index contributed by atoms with van der Waals surface area (Å²) in [5.41, 5.74) is 4.83. The van der Waals surface area contributed by atoms with Crippen molar-refractivity contribution < 1.29 is 9.59 Å². The van der Waals surface area contributed by atoms with Crippen molar-refractivity contribution in [3.05, 3.63) is 86.2 Å². The Balaban J connectivity index is 1.84. The second-order valence-corrected chi connectivity index (χ2v) is 8.49. The molecule has 4 rings (SSSR count). The van der Waals surface area contributed by atoms with E-state index in [1.165, 1.54) is 16.2 Å². The van der Waals surface area contributed by atoms with Crippen LogP contribution in [-0.2, 0) is 9.59 Å². The van der Waals surface area contributed by atoms with Crippen molar-refractivity contribution in [3.8, 4) is 0 Å². The van der Waals surface area contributed by atoms with E-state index in [9.17, 15) is 9.59 Å². The van der Waals surface area contributed by atoms with Crippen LogP contribution in [0.5, 0.6) is 0 Å². The summed E-state index contributed by atoms with van der Waals surface area (Å²) in [5, 5.41) is 5.63. The van der Waals surface area contributed by atoms with Crippen molar-refractivity contribution in [2.45, 2.75) is 20.8 Å². The van der Waals surface area contributed by atoms with E-state index in [2.05, 4.69) is 5.32 Å². The molecule has 4 nitrogen and oxygen atoms in total. The molecule has 2 amide bonds. The quantitative estimate of drug-likeness (QED) is 0.547. The molecule has 146 valence electrons. The molecule has 0 aliphatic carbocycles. The lowest BCUT2D eigenvalue weighted by atomic mass is 10.1. The van der Waals surface area contributed by atoms with Gasteiger partial charge in [0, 0.05) is 15.6 Å². The Morgan fingerprint density at radius 2 is 1.66 bits per heavy atom. The van der Waals surface area contributed by atoms with Gasteiger partial charge in [-0.2, -0.15) is 0 Å². The van der Waals surface area contributed by atoms with Crippen LogP contribution in [0.15, 0.2) is 59.6 Å². The molecule has 0 saturated carbocycles. The highest BCUT2D eigenvalue weighted by atomic mass is 35.5. The van der Waals surface area contributed by atoms with E-state index in [0.29, 0.717) is 22.0 Å². The minimum absolute atomic E-state index is 0.266. The number of nitrogens with zero attached hydrogens (tertiary/aromatic N) is 1. The SMILES string of the molecule is Cc1cc(C)cc(N2C(=O)C(Nc3cc(Cl)ccc3C)=C(c3cccs3)C2=O)c1. The number of aryl methyl sites for hydroxylation is 3. The molecule has 0 atom stereocenters. The molecule has 0 saturated heterocycles. The maximum atomic E-state index is 13.4. The average molecular weight is 423 g/mol. The number of nitrogens with one attached hydrogen (secondary N) is 1. The number of anilines is 2. The highest BCUT2D eigenvalue weighted by molar-refractivity contribution is 7.11. The minimum Gasteiger partial charge on any atom is -0.350 e. The molecule has 6 heteroatoms. The van der Waals surface area contributed by atoms with Crippen molar-refractivity contribution in [2.75, 3.05) is 10.2 Å². The van der Waals surface area contributed by atoms with Gasteiger partial charge in [0.05, 0.1) is 11.3 Å². The van der Waals surface area contributed by atoms with Crippen LogP contribution in [0.1, 0.15) is 21.6 Å². The highest BCUT2D eigenvalue weighted by Crippen LogP contribution is 2.36. The molecule has 0 fully saturated rings. The van der Waals surface area contributed by atoms with Crippen LogP contribution in [0.25, 0.3) is 5.57 Å². The van der Waals surface area contributed by atoms with Crippen LogP contribution in [0.4, 0.5) is 11.4 Å². The number of halogens is 1. The summed E-state index contributed by atoms with van der Waals surface area (Å²) in [6.45, 7) is 5.82. The zero-order valence-corrected chi connectivity index (χ0v) is 17.8. The first-order valence-corrected chi connectivity index (χ1v) is 10.4. The smallest absolute Gasteiger partial charge is 0.282 e. The summed E-state index contributed by atoms with van der Waals surface area (Å²) in [7, 11) is 0. The molecule has 0 unspecified atom stereocenters. The molecule has 1 aliphatic rings. The summed E-state index contributed by atoms with van der Waals surface area (Å²) in [5.74, 6) is -0.701. The zero-order valence-electron chi connectivity index (χ0n) is 16.2. The van der Waals surface area contributed by atoms with Crippen molar-refractivity contribution in [1.29, 1.82) is 0 Å². The molecule has 0 spiro atoms. The number of carbonyl (C=O) groups is 2. The fraction of sp³-hybridized carbons (Fsp3) is 0.130. The predicted octanol–water partition coefficient (Wildman–Crippen LogP) is 5.72. The Labute approximate surface area is 178 Å². The van der Waals surface area contributed by atoms with Crippen molar-refractivity contribution >= 4 is 51.7 Å². The van der Waals surface area contributed by atoms with Crippen LogP contribution in [-0.4, -0.2) is 11.8 Å². The van der Waals surface area contributed by atoms with Gasteiger partial charge in [-0.15, -0.1) is 11.3 Å². The molecule has 0 bridgehead atoms.